The molecule has 0 aliphatic rings. The zero-order valence-electron chi connectivity index (χ0n) is 17.1. The van der Waals surface area contributed by atoms with E-state index in [1.807, 2.05) is 67.4 Å². The van der Waals surface area contributed by atoms with Crippen LogP contribution in [0.3, 0.4) is 0 Å². The Hall–Kier alpha value is -2.73. The van der Waals surface area contributed by atoms with E-state index in [0.717, 1.165) is 35.8 Å². The molecule has 0 heterocycles. The third kappa shape index (κ3) is 6.78. The molecule has 0 saturated heterocycles. The second kappa shape index (κ2) is 11.2. The van der Waals surface area contributed by atoms with Gasteiger partial charge in [0.2, 0.25) is 5.91 Å². The van der Waals surface area contributed by atoms with E-state index in [9.17, 15) is 4.79 Å². The summed E-state index contributed by atoms with van der Waals surface area (Å²) >= 11 is 0. The molecule has 1 N–H and O–H groups in total. The number of methoxy groups -OCH3 is 2. The quantitative estimate of drug-likeness (QED) is 0.601. The van der Waals surface area contributed by atoms with E-state index in [0.29, 0.717) is 13.2 Å². The van der Waals surface area contributed by atoms with E-state index < -0.39 is 0 Å². The van der Waals surface area contributed by atoms with Crippen molar-refractivity contribution in [1.29, 1.82) is 0 Å². The molecular weight excluding hydrogens is 356 g/mol. The first kappa shape index (κ1) is 21.6. The van der Waals surface area contributed by atoms with Gasteiger partial charge in [0.05, 0.1) is 33.4 Å². The fourth-order valence-electron chi connectivity index (χ4n) is 2.91. The number of benzene rings is 2. The van der Waals surface area contributed by atoms with Crippen molar-refractivity contribution in [1.82, 2.24) is 10.2 Å². The molecule has 0 spiro atoms. The summed E-state index contributed by atoms with van der Waals surface area (Å²) in [5, 5.41) is 3.02. The summed E-state index contributed by atoms with van der Waals surface area (Å²) in [6.07, 6.45) is 0.845. The molecule has 0 bridgehead atoms. The molecule has 152 valence electrons. The lowest BCUT2D eigenvalue weighted by Crippen LogP contribution is -2.37. The maximum atomic E-state index is 12.4. The summed E-state index contributed by atoms with van der Waals surface area (Å²) in [6, 6.07) is 15.1. The Kier molecular flexibility index (Phi) is 8.62. The number of nitrogens with one attached hydrogen (secondary N) is 1. The molecule has 2 rings (SSSR count). The molecule has 2 aromatic carbocycles. The van der Waals surface area contributed by atoms with E-state index in [1.54, 1.807) is 14.2 Å². The van der Waals surface area contributed by atoms with Crippen molar-refractivity contribution in [2.75, 3.05) is 41.0 Å². The van der Waals surface area contributed by atoms with Crippen molar-refractivity contribution in [3.8, 4) is 17.2 Å². The second-order valence-electron chi connectivity index (χ2n) is 6.65. The van der Waals surface area contributed by atoms with Crippen LogP contribution in [-0.2, 0) is 4.79 Å². The van der Waals surface area contributed by atoms with Crippen LogP contribution in [0.1, 0.15) is 24.9 Å². The molecule has 28 heavy (non-hydrogen) atoms. The average molecular weight is 386 g/mol. The Morgan fingerprint density at radius 3 is 2.50 bits per heavy atom. The molecule has 0 fully saturated rings. The average Bonchev–Trinajstić information content (AvgIpc) is 2.71. The van der Waals surface area contributed by atoms with Gasteiger partial charge in [0, 0.05) is 12.1 Å². The highest BCUT2D eigenvalue weighted by atomic mass is 16.5. The summed E-state index contributed by atoms with van der Waals surface area (Å²) in [4.78, 5) is 14.4. The Bertz CT molecular complexity index is 737. The molecule has 6 heteroatoms. The maximum absolute atomic E-state index is 12.4. The Morgan fingerprint density at radius 2 is 1.82 bits per heavy atom. The third-order valence-electron chi connectivity index (χ3n) is 4.39. The maximum Gasteiger partial charge on any atom is 0.234 e. The van der Waals surface area contributed by atoms with Crippen molar-refractivity contribution in [2.45, 2.75) is 19.4 Å². The number of nitrogens with zero attached hydrogens (tertiary/aromatic N) is 1. The highest BCUT2D eigenvalue weighted by Gasteiger charge is 2.16. The summed E-state index contributed by atoms with van der Waals surface area (Å²) in [5.74, 6) is 2.28. The van der Waals surface area contributed by atoms with Gasteiger partial charge in [-0.1, -0.05) is 18.2 Å². The number of rotatable bonds is 11. The first-order valence-electron chi connectivity index (χ1n) is 9.41. The number of hydrogen-bond donors (Lipinski definition) is 1. The van der Waals surface area contributed by atoms with E-state index in [4.69, 9.17) is 14.2 Å². The van der Waals surface area contributed by atoms with Gasteiger partial charge in [-0.25, -0.2) is 0 Å². The molecule has 0 saturated carbocycles. The van der Waals surface area contributed by atoms with Crippen LogP contribution in [0.4, 0.5) is 0 Å². The topological polar surface area (TPSA) is 60.0 Å². The van der Waals surface area contributed by atoms with Crippen molar-refractivity contribution in [3.05, 3.63) is 54.1 Å². The Balaban J connectivity index is 1.76. The van der Waals surface area contributed by atoms with Gasteiger partial charge in [-0.2, -0.15) is 0 Å². The zero-order chi connectivity index (χ0) is 20.4. The van der Waals surface area contributed by atoms with Crippen molar-refractivity contribution in [2.24, 2.45) is 0 Å². The predicted molar refractivity (Wildman–Crippen MR) is 110 cm³/mol. The molecule has 0 aliphatic carbocycles. The lowest BCUT2D eigenvalue weighted by molar-refractivity contribution is -0.122. The Morgan fingerprint density at radius 1 is 1.07 bits per heavy atom. The predicted octanol–water partition coefficient (Wildman–Crippen LogP) is 3.28. The van der Waals surface area contributed by atoms with Crippen molar-refractivity contribution < 1.29 is 19.0 Å². The van der Waals surface area contributed by atoms with E-state index in [2.05, 4.69) is 5.32 Å². The fraction of sp³-hybridized carbons (Fsp3) is 0.409. The molecular formula is C22H30N2O4. The van der Waals surface area contributed by atoms with Crippen LogP contribution in [0.5, 0.6) is 17.2 Å². The lowest BCUT2D eigenvalue weighted by Gasteiger charge is -2.21. The number of likely N-dealkylation sites (N-methyl/N-ethyl adjacent to an activating group) is 1. The minimum atomic E-state index is -0.188. The molecule has 1 atom stereocenters. The van der Waals surface area contributed by atoms with Gasteiger partial charge >= 0.3 is 0 Å². The van der Waals surface area contributed by atoms with Crippen LogP contribution in [0.25, 0.3) is 0 Å². The van der Waals surface area contributed by atoms with Crippen LogP contribution in [0, 0.1) is 0 Å². The lowest BCUT2D eigenvalue weighted by atomic mass is 10.1. The number of hydrogen-bond acceptors (Lipinski definition) is 5. The largest absolute Gasteiger partial charge is 0.497 e. The summed E-state index contributed by atoms with van der Waals surface area (Å²) in [6.45, 7) is 3.65. The van der Waals surface area contributed by atoms with Crippen LogP contribution >= 0.6 is 0 Å². The number of carbonyl (C=O) groups is 1. The zero-order valence-corrected chi connectivity index (χ0v) is 17.1. The molecule has 0 aromatic heterocycles. The van der Waals surface area contributed by atoms with Gasteiger partial charge in [0.25, 0.3) is 0 Å². The van der Waals surface area contributed by atoms with E-state index >= 15 is 0 Å². The Labute approximate surface area is 167 Å². The van der Waals surface area contributed by atoms with Crippen LogP contribution in [0.2, 0.25) is 0 Å². The summed E-state index contributed by atoms with van der Waals surface area (Å²) < 4.78 is 16.4. The molecule has 0 aliphatic heterocycles. The van der Waals surface area contributed by atoms with Gasteiger partial charge in [-0.3, -0.25) is 9.69 Å². The third-order valence-corrected chi connectivity index (χ3v) is 4.39. The monoisotopic (exact) mass is 386 g/mol. The number of amides is 1. The minimum Gasteiger partial charge on any atom is -0.497 e. The summed E-state index contributed by atoms with van der Waals surface area (Å²) in [5.41, 5.74) is 0.883. The van der Waals surface area contributed by atoms with Crippen LogP contribution in [0.15, 0.2) is 48.5 Å². The standard InChI is InChI=1S/C22H30N2O4/c1-17(20-15-19(26-3)11-12-21(20)27-4)23-22(25)16-24(2)13-8-14-28-18-9-6-5-7-10-18/h5-7,9-12,15,17H,8,13-14,16H2,1-4H3,(H,23,25). The van der Waals surface area contributed by atoms with Gasteiger partial charge in [-0.15, -0.1) is 0 Å². The molecule has 1 amide bonds. The smallest absolute Gasteiger partial charge is 0.234 e. The minimum absolute atomic E-state index is 0.0381. The number of para-hydroxylation sites is 1. The van der Waals surface area contributed by atoms with Crippen LogP contribution < -0.4 is 19.5 Å². The van der Waals surface area contributed by atoms with E-state index in [1.165, 1.54) is 0 Å². The summed E-state index contributed by atoms with van der Waals surface area (Å²) in [7, 11) is 5.16. The first-order valence-corrected chi connectivity index (χ1v) is 9.41. The highest BCUT2D eigenvalue weighted by molar-refractivity contribution is 5.78. The number of ether oxygens (including phenoxy) is 3. The highest BCUT2D eigenvalue weighted by Crippen LogP contribution is 2.29. The van der Waals surface area contributed by atoms with Crippen molar-refractivity contribution >= 4 is 5.91 Å². The number of carbonyl (C=O) groups excluding carboxylic acids is 1. The van der Waals surface area contributed by atoms with Crippen molar-refractivity contribution in [3.63, 3.8) is 0 Å². The van der Waals surface area contributed by atoms with Gasteiger partial charge in [0.1, 0.15) is 17.2 Å². The van der Waals surface area contributed by atoms with Gasteiger partial charge in [0.15, 0.2) is 0 Å². The second-order valence-corrected chi connectivity index (χ2v) is 6.65. The van der Waals surface area contributed by atoms with Crippen LogP contribution in [-0.4, -0.2) is 51.8 Å². The first-order chi connectivity index (χ1) is 13.5. The van der Waals surface area contributed by atoms with E-state index in [-0.39, 0.29) is 11.9 Å². The van der Waals surface area contributed by atoms with Gasteiger partial charge < -0.3 is 19.5 Å². The fourth-order valence-corrected chi connectivity index (χ4v) is 2.91. The molecule has 2 aromatic rings. The normalized spacial score (nSPS) is 11.8. The molecule has 6 nitrogen and oxygen atoms in total. The molecule has 0 radical (unpaired) electrons. The SMILES string of the molecule is COc1ccc(OC)c(C(C)NC(=O)CN(C)CCCOc2ccccc2)c1. The molecule has 1 unspecified atom stereocenters. The van der Waals surface area contributed by atoms with Gasteiger partial charge in [-0.05, 0) is 50.7 Å².